The molecule has 0 spiro atoms. The standard InChI is InChI=1S/C14H21NOS/c1-3-4-14(5-7-15-8-6-14)13(16)12-9-11(2)17-10-12/h9-10,15H,3-8H2,1-2H3. The topological polar surface area (TPSA) is 29.1 Å². The van der Waals surface area contributed by atoms with Gasteiger partial charge >= 0.3 is 0 Å². The van der Waals surface area contributed by atoms with Gasteiger partial charge in [0.25, 0.3) is 0 Å². The minimum absolute atomic E-state index is 0.0898. The van der Waals surface area contributed by atoms with Gasteiger partial charge in [-0.15, -0.1) is 11.3 Å². The van der Waals surface area contributed by atoms with Gasteiger partial charge < -0.3 is 5.32 Å². The summed E-state index contributed by atoms with van der Waals surface area (Å²) >= 11 is 1.68. The lowest BCUT2D eigenvalue weighted by Crippen LogP contribution is -2.42. The lowest BCUT2D eigenvalue weighted by Gasteiger charge is -2.36. The minimum atomic E-state index is -0.0898. The maximum absolute atomic E-state index is 12.7. The van der Waals surface area contributed by atoms with Crippen LogP contribution in [0, 0.1) is 12.3 Å². The number of rotatable bonds is 4. The molecule has 3 heteroatoms. The molecule has 1 fully saturated rings. The molecular formula is C14H21NOS. The van der Waals surface area contributed by atoms with E-state index in [9.17, 15) is 4.79 Å². The highest BCUT2D eigenvalue weighted by atomic mass is 32.1. The van der Waals surface area contributed by atoms with E-state index in [2.05, 4.69) is 19.2 Å². The number of thiophene rings is 1. The summed E-state index contributed by atoms with van der Waals surface area (Å²) in [5, 5.41) is 5.38. The van der Waals surface area contributed by atoms with Gasteiger partial charge in [-0.2, -0.15) is 0 Å². The van der Waals surface area contributed by atoms with E-state index in [0.717, 1.165) is 44.3 Å². The highest BCUT2D eigenvalue weighted by Crippen LogP contribution is 2.38. The lowest BCUT2D eigenvalue weighted by molar-refractivity contribution is 0.0705. The first-order chi connectivity index (χ1) is 8.18. The van der Waals surface area contributed by atoms with Gasteiger partial charge in [0.05, 0.1) is 0 Å². The molecule has 1 aromatic rings. The van der Waals surface area contributed by atoms with E-state index in [0.29, 0.717) is 5.78 Å². The molecular weight excluding hydrogens is 230 g/mol. The number of piperidine rings is 1. The van der Waals surface area contributed by atoms with Crippen LogP contribution in [-0.2, 0) is 0 Å². The molecule has 1 aromatic heterocycles. The Balaban J connectivity index is 2.23. The van der Waals surface area contributed by atoms with Gasteiger partial charge in [-0.3, -0.25) is 4.79 Å². The third-order valence-corrected chi connectivity index (χ3v) is 4.63. The van der Waals surface area contributed by atoms with E-state index in [1.807, 2.05) is 11.4 Å². The van der Waals surface area contributed by atoms with Crippen LogP contribution in [0.25, 0.3) is 0 Å². The Bertz CT molecular complexity index is 385. The number of carbonyl (C=O) groups excluding carboxylic acids is 1. The summed E-state index contributed by atoms with van der Waals surface area (Å²) in [6, 6.07) is 2.05. The number of hydrogen-bond donors (Lipinski definition) is 1. The van der Waals surface area contributed by atoms with Crippen molar-refractivity contribution in [1.29, 1.82) is 0 Å². The van der Waals surface area contributed by atoms with E-state index in [-0.39, 0.29) is 5.41 Å². The second-order valence-corrected chi connectivity index (χ2v) is 6.17. The number of Topliss-reactive ketones (excluding diaryl/α,β-unsaturated/α-hetero) is 1. The Morgan fingerprint density at radius 3 is 2.71 bits per heavy atom. The average molecular weight is 251 g/mol. The first kappa shape index (κ1) is 12.8. The van der Waals surface area contributed by atoms with Gasteiger partial charge in [-0.25, -0.2) is 0 Å². The molecule has 0 aromatic carbocycles. The minimum Gasteiger partial charge on any atom is -0.317 e. The number of hydrogen-bond acceptors (Lipinski definition) is 3. The lowest BCUT2D eigenvalue weighted by atomic mass is 9.70. The molecule has 1 aliphatic heterocycles. The van der Waals surface area contributed by atoms with Crippen molar-refractivity contribution in [3.63, 3.8) is 0 Å². The third kappa shape index (κ3) is 2.61. The van der Waals surface area contributed by atoms with E-state index in [4.69, 9.17) is 0 Å². The molecule has 0 amide bonds. The molecule has 0 saturated carbocycles. The zero-order valence-corrected chi connectivity index (χ0v) is 11.5. The van der Waals surface area contributed by atoms with Crippen LogP contribution in [-0.4, -0.2) is 18.9 Å². The smallest absolute Gasteiger partial charge is 0.169 e. The molecule has 1 aliphatic rings. The zero-order chi connectivity index (χ0) is 12.3. The molecule has 0 bridgehead atoms. The quantitative estimate of drug-likeness (QED) is 0.831. The second kappa shape index (κ2) is 5.32. The molecule has 1 N–H and O–H groups in total. The fourth-order valence-electron chi connectivity index (χ4n) is 2.84. The van der Waals surface area contributed by atoms with Gasteiger partial charge in [-0.05, 0) is 45.3 Å². The SMILES string of the molecule is CCCC1(C(=O)c2csc(C)c2)CCNCC1. The summed E-state index contributed by atoms with van der Waals surface area (Å²) in [6.45, 7) is 6.20. The van der Waals surface area contributed by atoms with Crippen LogP contribution in [0.2, 0.25) is 0 Å². The van der Waals surface area contributed by atoms with Gasteiger partial charge in [-0.1, -0.05) is 13.3 Å². The third-order valence-electron chi connectivity index (χ3n) is 3.76. The number of ketones is 1. The van der Waals surface area contributed by atoms with E-state index >= 15 is 0 Å². The van der Waals surface area contributed by atoms with Crippen LogP contribution in [0.5, 0.6) is 0 Å². The van der Waals surface area contributed by atoms with Crippen molar-refractivity contribution in [3.05, 3.63) is 21.9 Å². The maximum Gasteiger partial charge on any atom is 0.169 e. The van der Waals surface area contributed by atoms with Crippen LogP contribution in [0.15, 0.2) is 11.4 Å². The van der Waals surface area contributed by atoms with Crippen LogP contribution >= 0.6 is 11.3 Å². The molecule has 0 radical (unpaired) electrons. The summed E-state index contributed by atoms with van der Waals surface area (Å²) < 4.78 is 0. The van der Waals surface area contributed by atoms with Crippen molar-refractivity contribution < 1.29 is 4.79 Å². The van der Waals surface area contributed by atoms with Gasteiger partial charge in [0.1, 0.15) is 0 Å². The van der Waals surface area contributed by atoms with E-state index in [1.165, 1.54) is 4.88 Å². The molecule has 0 atom stereocenters. The molecule has 17 heavy (non-hydrogen) atoms. The fraction of sp³-hybridized carbons (Fsp3) is 0.643. The first-order valence-corrected chi connectivity index (χ1v) is 7.36. The van der Waals surface area contributed by atoms with Crippen LogP contribution in [0.3, 0.4) is 0 Å². The summed E-state index contributed by atoms with van der Waals surface area (Å²) in [4.78, 5) is 13.9. The van der Waals surface area contributed by atoms with E-state index in [1.54, 1.807) is 11.3 Å². The molecule has 2 rings (SSSR count). The van der Waals surface area contributed by atoms with Crippen molar-refractivity contribution in [2.45, 2.75) is 39.5 Å². The summed E-state index contributed by atoms with van der Waals surface area (Å²) in [7, 11) is 0. The molecule has 94 valence electrons. The highest BCUT2D eigenvalue weighted by Gasteiger charge is 2.38. The summed E-state index contributed by atoms with van der Waals surface area (Å²) in [5.41, 5.74) is 0.843. The predicted molar refractivity (Wildman–Crippen MR) is 72.8 cm³/mol. The Morgan fingerprint density at radius 1 is 1.47 bits per heavy atom. The largest absolute Gasteiger partial charge is 0.317 e. The normalized spacial score (nSPS) is 19.2. The van der Waals surface area contributed by atoms with Gasteiger partial charge in [0.2, 0.25) is 0 Å². The molecule has 0 unspecified atom stereocenters. The molecule has 2 heterocycles. The van der Waals surface area contributed by atoms with E-state index < -0.39 is 0 Å². The Morgan fingerprint density at radius 2 is 2.18 bits per heavy atom. The van der Waals surface area contributed by atoms with Gasteiger partial charge in [0.15, 0.2) is 5.78 Å². The maximum atomic E-state index is 12.7. The van der Waals surface area contributed by atoms with Crippen LogP contribution in [0.1, 0.15) is 47.8 Å². The van der Waals surface area contributed by atoms with Crippen LogP contribution < -0.4 is 5.32 Å². The summed E-state index contributed by atoms with van der Waals surface area (Å²) in [5.74, 6) is 0.380. The number of aryl methyl sites for hydroxylation is 1. The van der Waals surface area contributed by atoms with Crippen LogP contribution in [0.4, 0.5) is 0 Å². The Labute approximate surface area is 107 Å². The predicted octanol–water partition coefficient (Wildman–Crippen LogP) is 3.41. The second-order valence-electron chi connectivity index (χ2n) is 5.06. The Kier molecular flexibility index (Phi) is 4.00. The van der Waals surface area contributed by atoms with Crippen molar-refractivity contribution in [3.8, 4) is 0 Å². The number of carbonyl (C=O) groups is 1. The fourth-order valence-corrected chi connectivity index (χ4v) is 3.53. The summed E-state index contributed by atoms with van der Waals surface area (Å²) in [6.07, 6.45) is 4.11. The monoisotopic (exact) mass is 251 g/mol. The van der Waals surface area contributed by atoms with Crippen molar-refractivity contribution in [2.24, 2.45) is 5.41 Å². The zero-order valence-electron chi connectivity index (χ0n) is 10.7. The van der Waals surface area contributed by atoms with Crippen molar-refractivity contribution >= 4 is 17.1 Å². The molecule has 0 aliphatic carbocycles. The molecule has 1 saturated heterocycles. The highest BCUT2D eigenvalue weighted by molar-refractivity contribution is 7.10. The van der Waals surface area contributed by atoms with Crippen molar-refractivity contribution in [2.75, 3.05) is 13.1 Å². The van der Waals surface area contributed by atoms with Crippen molar-refractivity contribution in [1.82, 2.24) is 5.32 Å². The number of nitrogens with one attached hydrogen (secondary N) is 1. The average Bonchev–Trinajstić information content (AvgIpc) is 2.76. The Hall–Kier alpha value is -0.670. The molecule has 2 nitrogen and oxygen atoms in total. The first-order valence-electron chi connectivity index (χ1n) is 6.48. The van der Waals surface area contributed by atoms with Gasteiger partial charge in [0, 0.05) is 21.2 Å².